The average Bonchev–Trinajstić information content (AvgIpc) is 2.29. The van der Waals surface area contributed by atoms with Crippen LogP contribution >= 0.6 is 0 Å². The van der Waals surface area contributed by atoms with E-state index in [0.717, 1.165) is 12.8 Å². The Hall–Kier alpha value is -0.860. The van der Waals surface area contributed by atoms with E-state index in [1.165, 1.54) is 5.56 Å². The minimum atomic E-state index is -0.601. The first kappa shape index (κ1) is 13.2. The second kappa shape index (κ2) is 6.66. The van der Waals surface area contributed by atoms with Gasteiger partial charge in [-0.2, -0.15) is 0 Å². The fraction of sp³-hybridized carbons (Fsp3) is 0.571. The highest BCUT2D eigenvalue weighted by Gasteiger charge is 2.18. The van der Waals surface area contributed by atoms with Crippen LogP contribution in [0.5, 0.6) is 0 Å². The Morgan fingerprint density at radius 3 is 2.25 bits per heavy atom. The van der Waals surface area contributed by atoms with Crippen molar-refractivity contribution in [2.45, 2.75) is 45.3 Å². The summed E-state index contributed by atoms with van der Waals surface area (Å²) in [7, 11) is 0. The van der Waals surface area contributed by atoms with E-state index < -0.39 is 12.2 Å². The number of rotatable bonds is 6. The molecule has 2 atom stereocenters. The minimum absolute atomic E-state index is 0.117. The minimum Gasteiger partial charge on any atom is -0.390 e. The van der Waals surface area contributed by atoms with Gasteiger partial charge in [-0.05, 0) is 30.7 Å². The van der Waals surface area contributed by atoms with Gasteiger partial charge in [-0.25, -0.2) is 0 Å². The molecule has 0 aliphatic carbocycles. The molecule has 1 rings (SSSR count). The van der Waals surface area contributed by atoms with Crippen LogP contribution < -0.4 is 0 Å². The van der Waals surface area contributed by atoms with E-state index in [-0.39, 0.29) is 5.92 Å². The molecule has 0 fully saturated rings. The quantitative estimate of drug-likeness (QED) is 0.776. The number of benzene rings is 1. The monoisotopic (exact) mass is 222 g/mol. The first-order chi connectivity index (χ1) is 7.61. The van der Waals surface area contributed by atoms with Gasteiger partial charge in [0.2, 0.25) is 0 Å². The number of aliphatic hydroxyl groups is 2. The molecule has 0 spiro atoms. The lowest BCUT2D eigenvalue weighted by Gasteiger charge is -2.20. The van der Waals surface area contributed by atoms with Crippen LogP contribution in [0.4, 0.5) is 0 Å². The van der Waals surface area contributed by atoms with Gasteiger partial charge in [-0.3, -0.25) is 0 Å². The standard InChI is InChI=1S/C14H22O2/c1-11(2)14(16)13(15)10-6-9-12-7-4-3-5-8-12/h3-5,7-8,11,13-16H,6,9-10H2,1-2H3. The van der Waals surface area contributed by atoms with Gasteiger partial charge < -0.3 is 10.2 Å². The van der Waals surface area contributed by atoms with Gasteiger partial charge in [-0.1, -0.05) is 44.2 Å². The highest BCUT2D eigenvalue weighted by molar-refractivity contribution is 5.14. The molecule has 0 bridgehead atoms. The molecule has 2 unspecified atom stereocenters. The van der Waals surface area contributed by atoms with Crippen LogP contribution in [0, 0.1) is 5.92 Å². The second-order valence-corrected chi connectivity index (χ2v) is 4.68. The van der Waals surface area contributed by atoms with Crippen molar-refractivity contribution < 1.29 is 10.2 Å². The Labute approximate surface area is 97.9 Å². The van der Waals surface area contributed by atoms with E-state index in [0.29, 0.717) is 6.42 Å². The fourth-order valence-corrected chi connectivity index (χ4v) is 1.78. The number of aliphatic hydroxyl groups excluding tert-OH is 2. The van der Waals surface area contributed by atoms with Crippen LogP contribution in [0.25, 0.3) is 0 Å². The Morgan fingerprint density at radius 2 is 1.69 bits per heavy atom. The van der Waals surface area contributed by atoms with Gasteiger partial charge in [0.15, 0.2) is 0 Å². The summed E-state index contributed by atoms with van der Waals surface area (Å²) in [5.74, 6) is 0.117. The summed E-state index contributed by atoms with van der Waals surface area (Å²) in [6, 6.07) is 10.2. The summed E-state index contributed by atoms with van der Waals surface area (Å²) < 4.78 is 0. The lowest BCUT2D eigenvalue weighted by molar-refractivity contribution is -0.0129. The topological polar surface area (TPSA) is 40.5 Å². The highest BCUT2D eigenvalue weighted by Crippen LogP contribution is 2.13. The third-order valence-electron chi connectivity index (χ3n) is 2.89. The SMILES string of the molecule is CC(C)C(O)C(O)CCCc1ccccc1. The molecule has 1 aromatic rings. The van der Waals surface area contributed by atoms with Crippen molar-refractivity contribution in [1.82, 2.24) is 0 Å². The van der Waals surface area contributed by atoms with Crippen molar-refractivity contribution in [3.8, 4) is 0 Å². The van der Waals surface area contributed by atoms with Gasteiger partial charge in [-0.15, -0.1) is 0 Å². The summed E-state index contributed by atoms with van der Waals surface area (Å²) in [5, 5.41) is 19.4. The van der Waals surface area contributed by atoms with Crippen LogP contribution in [-0.4, -0.2) is 22.4 Å². The van der Waals surface area contributed by atoms with Gasteiger partial charge in [0.1, 0.15) is 0 Å². The smallest absolute Gasteiger partial charge is 0.0821 e. The van der Waals surface area contributed by atoms with E-state index in [1.807, 2.05) is 32.0 Å². The lowest BCUT2D eigenvalue weighted by Crippen LogP contribution is -2.30. The molecule has 1 aromatic carbocycles. The molecule has 90 valence electrons. The number of hydrogen-bond acceptors (Lipinski definition) is 2. The molecule has 0 aliphatic heterocycles. The zero-order valence-corrected chi connectivity index (χ0v) is 10.1. The molecular weight excluding hydrogens is 200 g/mol. The van der Waals surface area contributed by atoms with E-state index in [2.05, 4.69) is 12.1 Å². The van der Waals surface area contributed by atoms with Crippen molar-refractivity contribution in [2.75, 3.05) is 0 Å². The Morgan fingerprint density at radius 1 is 1.06 bits per heavy atom. The van der Waals surface area contributed by atoms with Gasteiger partial charge in [0.05, 0.1) is 12.2 Å². The van der Waals surface area contributed by atoms with Crippen molar-refractivity contribution in [2.24, 2.45) is 5.92 Å². The Balaban J connectivity index is 2.25. The molecule has 0 radical (unpaired) electrons. The van der Waals surface area contributed by atoms with E-state index >= 15 is 0 Å². The van der Waals surface area contributed by atoms with Crippen LogP contribution in [0.1, 0.15) is 32.3 Å². The zero-order valence-electron chi connectivity index (χ0n) is 10.1. The maximum atomic E-state index is 9.72. The molecule has 0 saturated heterocycles. The summed E-state index contributed by atoms with van der Waals surface area (Å²) in [5.41, 5.74) is 1.29. The summed E-state index contributed by atoms with van der Waals surface area (Å²) in [4.78, 5) is 0. The summed E-state index contributed by atoms with van der Waals surface area (Å²) >= 11 is 0. The Kier molecular flexibility index (Phi) is 5.50. The summed E-state index contributed by atoms with van der Waals surface area (Å²) in [6.45, 7) is 3.84. The van der Waals surface area contributed by atoms with Crippen molar-refractivity contribution in [3.63, 3.8) is 0 Å². The first-order valence-corrected chi connectivity index (χ1v) is 6.01. The molecule has 2 heteroatoms. The molecule has 0 saturated carbocycles. The third-order valence-corrected chi connectivity index (χ3v) is 2.89. The van der Waals surface area contributed by atoms with E-state index in [1.54, 1.807) is 0 Å². The van der Waals surface area contributed by atoms with Crippen LogP contribution in [0.3, 0.4) is 0 Å². The van der Waals surface area contributed by atoms with Gasteiger partial charge in [0, 0.05) is 0 Å². The normalized spacial score (nSPS) is 15.1. The molecular formula is C14H22O2. The summed E-state index contributed by atoms with van der Waals surface area (Å²) in [6.07, 6.45) is 1.34. The van der Waals surface area contributed by atoms with Gasteiger partial charge >= 0.3 is 0 Å². The lowest BCUT2D eigenvalue weighted by atomic mass is 9.97. The van der Waals surface area contributed by atoms with Gasteiger partial charge in [0.25, 0.3) is 0 Å². The van der Waals surface area contributed by atoms with Crippen molar-refractivity contribution in [3.05, 3.63) is 35.9 Å². The predicted octanol–water partition coefficient (Wildman–Crippen LogP) is 2.39. The predicted molar refractivity (Wildman–Crippen MR) is 66.2 cm³/mol. The number of aryl methyl sites for hydroxylation is 1. The van der Waals surface area contributed by atoms with E-state index in [9.17, 15) is 10.2 Å². The molecule has 0 aromatic heterocycles. The highest BCUT2D eigenvalue weighted by atomic mass is 16.3. The molecule has 0 heterocycles. The molecule has 0 aliphatic rings. The molecule has 16 heavy (non-hydrogen) atoms. The first-order valence-electron chi connectivity index (χ1n) is 6.01. The van der Waals surface area contributed by atoms with Crippen molar-refractivity contribution in [1.29, 1.82) is 0 Å². The molecule has 0 amide bonds. The number of hydrogen-bond donors (Lipinski definition) is 2. The maximum Gasteiger partial charge on any atom is 0.0821 e. The fourth-order valence-electron chi connectivity index (χ4n) is 1.78. The largest absolute Gasteiger partial charge is 0.390 e. The zero-order chi connectivity index (χ0) is 12.0. The van der Waals surface area contributed by atoms with E-state index in [4.69, 9.17) is 0 Å². The Bertz CT molecular complexity index is 282. The second-order valence-electron chi connectivity index (χ2n) is 4.68. The third kappa shape index (κ3) is 4.33. The van der Waals surface area contributed by atoms with Crippen LogP contribution in [-0.2, 0) is 6.42 Å². The molecule has 2 N–H and O–H groups in total. The average molecular weight is 222 g/mol. The maximum absolute atomic E-state index is 9.72. The van der Waals surface area contributed by atoms with Crippen LogP contribution in [0.2, 0.25) is 0 Å². The van der Waals surface area contributed by atoms with Crippen LogP contribution in [0.15, 0.2) is 30.3 Å². The molecule has 2 nitrogen and oxygen atoms in total. The van der Waals surface area contributed by atoms with Crippen molar-refractivity contribution >= 4 is 0 Å².